The Morgan fingerprint density at radius 2 is 1.85 bits per heavy atom. The maximum atomic E-state index is 5.19. The summed E-state index contributed by atoms with van der Waals surface area (Å²) in [5, 5.41) is 0.988. The number of ether oxygens (including phenoxy) is 2. The lowest BCUT2D eigenvalue weighted by Gasteiger charge is -2.05. The molecular weight excluding hydrogens is 166 g/mol. The summed E-state index contributed by atoms with van der Waals surface area (Å²) >= 11 is 0. The van der Waals surface area contributed by atoms with Crippen molar-refractivity contribution in [3.8, 4) is 11.5 Å². The first kappa shape index (κ1) is 7.98. The normalized spacial score (nSPS) is 10.3. The van der Waals surface area contributed by atoms with Gasteiger partial charge in [0.1, 0.15) is 11.5 Å². The summed E-state index contributed by atoms with van der Waals surface area (Å²) in [5.41, 5.74) is 0.918. The highest BCUT2D eigenvalue weighted by atomic mass is 16.5. The van der Waals surface area contributed by atoms with E-state index < -0.39 is 0 Å². The van der Waals surface area contributed by atoms with Gasteiger partial charge in [-0.05, 0) is 18.2 Å². The zero-order valence-electron chi connectivity index (χ0n) is 7.55. The second-order valence-corrected chi connectivity index (χ2v) is 2.67. The van der Waals surface area contributed by atoms with Crippen LogP contribution in [-0.4, -0.2) is 19.2 Å². The van der Waals surface area contributed by atoms with Crippen LogP contribution in [0.25, 0.3) is 10.9 Å². The zero-order valence-corrected chi connectivity index (χ0v) is 7.55. The molecule has 3 nitrogen and oxygen atoms in total. The summed E-state index contributed by atoms with van der Waals surface area (Å²) in [6.07, 6.45) is 2.90. The highest BCUT2D eigenvalue weighted by molar-refractivity contribution is 5.90. The van der Waals surface area contributed by atoms with E-state index in [2.05, 4.69) is 11.2 Å². The summed E-state index contributed by atoms with van der Waals surface area (Å²) in [5.74, 6) is 1.63. The van der Waals surface area contributed by atoms with E-state index in [9.17, 15) is 0 Å². The van der Waals surface area contributed by atoms with Crippen molar-refractivity contribution < 1.29 is 9.47 Å². The van der Waals surface area contributed by atoms with Gasteiger partial charge in [0, 0.05) is 5.39 Å². The van der Waals surface area contributed by atoms with Crippen molar-refractivity contribution in [3.05, 3.63) is 24.4 Å². The number of methoxy groups -OCH3 is 2. The molecule has 0 amide bonds. The van der Waals surface area contributed by atoms with Gasteiger partial charge in [-0.15, -0.1) is 0 Å². The van der Waals surface area contributed by atoms with Crippen molar-refractivity contribution >= 4 is 10.9 Å². The number of nitrogens with one attached hydrogen (secondary N) is 1. The van der Waals surface area contributed by atoms with Crippen LogP contribution < -0.4 is 9.47 Å². The maximum absolute atomic E-state index is 5.19. The number of H-pyrrole nitrogens is 1. The molecule has 1 aromatic carbocycles. The Morgan fingerprint density at radius 3 is 2.54 bits per heavy atom. The van der Waals surface area contributed by atoms with Gasteiger partial charge in [0.15, 0.2) is 0 Å². The van der Waals surface area contributed by atoms with E-state index in [1.165, 1.54) is 0 Å². The lowest BCUT2D eigenvalue weighted by Crippen LogP contribution is -1.87. The van der Waals surface area contributed by atoms with Crippen LogP contribution in [0.3, 0.4) is 0 Å². The molecule has 2 aromatic rings. The minimum absolute atomic E-state index is 0.803. The molecule has 0 unspecified atom stereocenters. The summed E-state index contributed by atoms with van der Waals surface area (Å²) < 4.78 is 10.4. The SMILES string of the molecule is COc1ccc(OC)c2[nH][c]cc12. The van der Waals surface area contributed by atoms with Crippen molar-refractivity contribution in [2.75, 3.05) is 14.2 Å². The van der Waals surface area contributed by atoms with Crippen LogP contribution in [0.1, 0.15) is 0 Å². The van der Waals surface area contributed by atoms with Gasteiger partial charge < -0.3 is 14.5 Å². The Morgan fingerprint density at radius 1 is 1.15 bits per heavy atom. The van der Waals surface area contributed by atoms with Crippen LogP contribution in [0, 0.1) is 6.20 Å². The van der Waals surface area contributed by atoms with E-state index in [0.29, 0.717) is 0 Å². The summed E-state index contributed by atoms with van der Waals surface area (Å²) in [6.45, 7) is 0. The first-order valence-corrected chi connectivity index (χ1v) is 3.96. The Kier molecular flexibility index (Phi) is 1.85. The van der Waals surface area contributed by atoms with Gasteiger partial charge in [0.25, 0.3) is 0 Å². The van der Waals surface area contributed by atoms with E-state index in [0.717, 1.165) is 22.4 Å². The topological polar surface area (TPSA) is 34.2 Å². The van der Waals surface area contributed by atoms with Crippen LogP contribution in [0.5, 0.6) is 11.5 Å². The van der Waals surface area contributed by atoms with Crippen molar-refractivity contribution in [1.29, 1.82) is 0 Å². The van der Waals surface area contributed by atoms with Gasteiger partial charge in [-0.2, -0.15) is 0 Å². The fourth-order valence-corrected chi connectivity index (χ4v) is 1.38. The molecule has 3 heteroatoms. The van der Waals surface area contributed by atoms with Gasteiger partial charge in [-0.3, -0.25) is 0 Å². The molecular formula is C10H10NO2. The predicted molar refractivity (Wildman–Crippen MR) is 50.2 cm³/mol. The molecule has 0 aliphatic carbocycles. The maximum Gasteiger partial charge on any atom is 0.143 e. The number of aromatic nitrogens is 1. The van der Waals surface area contributed by atoms with Gasteiger partial charge in [-0.25, -0.2) is 0 Å². The molecule has 0 saturated heterocycles. The molecule has 13 heavy (non-hydrogen) atoms. The lowest BCUT2D eigenvalue weighted by atomic mass is 10.2. The van der Waals surface area contributed by atoms with Gasteiger partial charge in [0.05, 0.1) is 25.9 Å². The lowest BCUT2D eigenvalue weighted by molar-refractivity contribution is 0.410. The zero-order chi connectivity index (χ0) is 9.26. The van der Waals surface area contributed by atoms with Crippen LogP contribution in [-0.2, 0) is 0 Å². The third-order valence-electron chi connectivity index (χ3n) is 2.02. The molecule has 0 saturated carbocycles. The number of benzene rings is 1. The minimum atomic E-state index is 0.803. The van der Waals surface area contributed by atoms with Crippen molar-refractivity contribution in [3.63, 3.8) is 0 Å². The fourth-order valence-electron chi connectivity index (χ4n) is 1.38. The summed E-state index contributed by atoms with van der Waals surface area (Å²) in [6, 6.07) is 5.59. The van der Waals surface area contributed by atoms with Crippen molar-refractivity contribution in [2.24, 2.45) is 0 Å². The second-order valence-electron chi connectivity index (χ2n) is 2.67. The van der Waals surface area contributed by atoms with E-state index >= 15 is 0 Å². The van der Waals surface area contributed by atoms with Crippen LogP contribution in [0.4, 0.5) is 0 Å². The van der Waals surface area contributed by atoms with E-state index in [1.807, 2.05) is 18.2 Å². The fraction of sp³-hybridized carbons (Fsp3) is 0.200. The monoisotopic (exact) mass is 176 g/mol. The molecule has 1 radical (unpaired) electrons. The van der Waals surface area contributed by atoms with Crippen molar-refractivity contribution in [2.45, 2.75) is 0 Å². The molecule has 0 aliphatic heterocycles. The smallest absolute Gasteiger partial charge is 0.143 e. The van der Waals surface area contributed by atoms with Crippen molar-refractivity contribution in [1.82, 2.24) is 4.98 Å². The number of rotatable bonds is 2. The standard InChI is InChI=1S/C10H10NO2/c1-12-8-3-4-9(13-2)10-7(8)5-6-11-10/h3-5,11H,1-2H3. The number of hydrogen-bond acceptors (Lipinski definition) is 2. The van der Waals surface area contributed by atoms with E-state index in [1.54, 1.807) is 14.2 Å². The summed E-state index contributed by atoms with van der Waals surface area (Å²) in [4.78, 5) is 2.98. The number of hydrogen-bond donors (Lipinski definition) is 1. The first-order valence-electron chi connectivity index (χ1n) is 3.96. The molecule has 1 N–H and O–H groups in total. The van der Waals surface area contributed by atoms with E-state index in [4.69, 9.17) is 9.47 Å². The molecule has 67 valence electrons. The minimum Gasteiger partial charge on any atom is -0.496 e. The highest BCUT2D eigenvalue weighted by Crippen LogP contribution is 2.31. The molecule has 1 aromatic heterocycles. The van der Waals surface area contributed by atoms with Gasteiger partial charge in [-0.1, -0.05) is 0 Å². The quantitative estimate of drug-likeness (QED) is 0.759. The molecule has 2 rings (SSSR count). The Labute approximate surface area is 76.3 Å². The van der Waals surface area contributed by atoms with Gasteiger partial charge in [0.2, 0.25) is 0 Å². The molecule has 1 heterocycles. The molecule has 0 aliphatic rings. The second kappa shape index (κ2) is 3.01. The van der Waals surface area contributed by atoms with E-state index in [-0.39, 0.29) is 0 Å². The Hall–Kier alpha value is -1.64. The largest absolute Gasteiger partial charge is 0.496 e. The van der Waals surface area contributed by atoms with Crippen LogP contribution in [0.15, 0.2) is 18.2 Å². The Balaban J connectivity index is 2.74. The number of aromatic amines is 1. The molecule has 0 bridgehead atoms. The average molecular weight is 176 g/mol. The van der Waals surface area contributed by atoms with Gasteiger partial charge >= 0.3 is 0 Å². The first-order chi connectivity index (χ1) is 6.36. The average Bonchev–Trinajstić information content (AvgIpc) is 2.64. The highest BCUT2D eigenvalue weighted by Gasteiger charge is 2.06. The molecule has 0 atom stereocenters. The predicted octanol–water partition coefficient (Wildman–Crippen LogP) is 1.99. The number of fused-ring (bicyclic) bond motifs is 1. The van der Waals surface area contributed by atoms with Crippen LogP contribution >= 0.6 is 0 Å². The molecule has 0 fully saturated rings. The Bertz CT molecular complexity index is 382. The third kappa shape index (κ3) is 1.13. The molecule has 0 spiro atoms. The summed E-state index contributed by atoms with van der Waals surface area (Å²) in [7, 11) is 3.29. The van der Waals surface area contributed by atoms with Crippen LogP contribution in [0.2, 0.25) is 0 Å². The third-order valence-corrected chi connectivity index (χ3v) is 2.02.